The van der Waals surface area contributed by atoms with Crippen molar-refractivity contribution in [2.75, 3.05) is 12.8 Å². The third kappa shape index (κ3) is 2.55. The standard InChI is InChI=1S/C14H12ClN3OS/c1-19-9-3-4-11-12(7-9)18-14(17-11)20-13-5-2-8(16)6-10(13)15/h2-7H,16H2,1H3,(H,17,18). The molecule has 20 heavy (non-hydrogen) atoms. The minimum absolute atomic E-state index is 0.619. The van der Waals surface area contributed by atoms with E-state index in [1.165, 1.54) is 11.8 Å². The summed E-state index contributed by atoms with van der Waals surface area (Å²) in [5.41, 5.74) is 8.15. The van der Waals surface area contributed by atoms with E-state index in [1.54, 1.807) is 13.2 Å². The summed E-state index contributed by atoms with van der Waals surface area (Å²) in [6.07, 6.45) is 0. The fourth-order valence-electron chi connectivity index (χ4n) is 1.84. The lowest BCUT2D eigenvalue weighted by Crippen LogP contribution is -1.85. The molecule has 3 N–H and O–H groups in total. The normalized spacial score (nSPS) is 10.9. The van der Waals surface area contributed by atoms with Crippen LogP contribution in [0.2, 0.25) is 5.02 Å². The van der Waals surface area contributed by atoms with Gasteiger partial charge >= 0.3 is 0 Å². The number of fused-ring (bicyclic) bond motifs is 1. The van der Waals surface area contributed by atoms with Gasteiger partial charge in [-0.15, -0.1) is 0 Å². The number of imidazole rings is 1. The van der Waals surface area contributed by atoms with Gasteiger partial charge in [-0.2, -0.15) is 0 Å². The maximum absolute atomic E-state index is 6.16. The van der Waals surface area contributed by atoms with Crippen molar-refractivity contribution in [3.8, 4) is 5.75 Å². The molecule has 0 unspecified atom stereocenters. The zero-order valence-electron chi connectivity index (χ0n) is 10.7. The highest BCUT2D eigenvalue weighted by Gasteiger charge is 2.08. The lowest BCUT2D eigenvalue weighted by Gasteiger charge is -2.02. The summed E-state index contributed by atoms with van der Waals surface area (Å²) in [7, 11) is 1.64. The summed E-state index contributed by atoms with van der Waals surface area (Å²) in [6.45, 7) is 0. The van der Waals surface area contributed by atoms with Crippen molar-refractivity contribution in [2.45, 2.75) is 10.1 Å². The number of hydrogen-bond donors (Lipinski definition) is 2. The van der Waals surface area contributed by atoms with Crippen molar-refractivity contribution in [2.24, 2.45) is 0 Å². The van der Waals surface area contributed by atoms with Crippen LogP contribution in [0, 0.1) is 0 Å². The Bertz CT molecular complexity index is 772. The van der Waals surface area contributed by atoms with Gasteiger partial charge in [0.05, 0.1) is 23.2 Å². The van der Waals surface area contributed by atoms with Crippen LogP contribution < -0.4 is 10.5 Å². The summed E-state index contributed by atoms with van der Waals surface area (Å²) >= 11 is 7.63. The van der Waals surface area contributed by atoms with Gasteiger partial charge in [0, 0.05) is 16.6 Å². The summed E-state index contributed by atoms with van der Waals surface area (Å²) in [6, 6.07) is 11.1. The molecule has 2 aromatic carbocycles. The molecule has 0 aliphatic carbocycles. The Morgan fingerprint density at radius 2 is 2.10 bits per heavy atom. The molecule has 0 spiro atoms. The fourth-order valence-corrected chi connectivity index (χ4v) is 2.96. The van der Waals surface area contributed by atoms with Crippen LogP contribution in [0.15, 0.2) is 46.5 Å². The third-order valence-electron chi connectivity index (χ3n) is 2.83. The number of methoxy groups -OCH3 is 1. The van der Waals surface area contributed by atoms with Crippen LogP contribution in [-0.2, 0) is 0 Å². The second-order valence-corrected chi connectivity index (χ2v) is 5.65. The molecule has 0 radical (unpaired) electrons. The quantitative estimate of drug-likeness (QED) is 0.719. The molecule has 0 bridgehead atoms. The number of aromatic nitrogens is 2. The van der Waals surface area contributed by atoms with Crippen LogP contribution in [0.25, 0.3) is 11.0 Å². The molecule has 102 valence electrons. The van der Waals surface area contributed by atoms with Crippen molar-refractivity contribution in [3.05, 3.63) is 41.4 Å². The summed E-state index contributed by atoms with van der Waals surface area (Å²) in [5.74, 6) is 0.795. The average Bonchev–Trinajstić information content (AvgIpc) is 2.83. The molecular formula is C14H12ClN3OS. The molecule has 4 nitrogen and oxygen atoms in total. The van der Waals surface area contributed by atoms with Crippen LogP contribution in [0.3, 0.4) is 0 Å². The molecular weight excluding hydrogens is 294 g/mol. The molecule has 0 fully saturated rings. The number of rotatable bonds is 3. The number of nitrogen functional groups attached to an aromatic ring is 1. The lowest BCUT2D eigenvalue weighted by molar-refractivity contribution is 0.415. The number of nitrogens with zero attached hydrogens (tertiary/aromatic N) is 1. The predicted octanol–water partition coefficient (Wildman–Crippen LogP) is 3.96. The van der Waals surface area contributed by atoms with E-state index in [9.17, 15) is 0 Å². The minimum atomic E-state index is 0.619. The molecule has 0 saturated carbocycles. The fraction of sp³-hybridized carbons (Fsp3) is 0.0714. The van der Waals surface area contributed by atoms with Gasteiger partial charge in [0.1, 0.15) is 5.75 Å². The summed E-state index contributed by atoms with van der Waals surface area (Å²) < 4.78 is 5.19. The van der Waals surface area contributed by atoms with Gasteiger partial charge in [0.2, 0.25) is 0 Å². The second kappa shape index (κ2) is 5.26. The number of anilines is 1. The SMILES string of the molecule is COc1ccc2nc(Sc3ccc(N)cc3Cl)[nH]c2c1. The molecule has 1 heterocycles. The Labute approximate surface area is 125 Å². The average molecular weight is 306 g/mol. The first kappa shape index (κ1) is 13.1. The van der Waals surface area contributed by atoms with Crippen LogP contribution >= 0.6 is 23.4 Å². The zero-order valence-corrected chi connectivity index (χ0v) is 12.3. The number of halogens is 1. The van der Waals surface area contributed by atoms with E-state index in [2.05, 4.69) is 9.97 Å². The van der Waals surface area contributed by atoms with Gasteiger partial charge in [0.15, 0.2) is 5.16 Å². The Morgan fingerprint density at radius 3 is 2.85 bits per heavy atom. The number of nitrogens with one attached hydrogen (secondary N) is 1. The first-order valence-electron chi connectivity index (χ1n) is 5.92. The molecule has 1 aromatic heterocycles. The number of ether oxygens (including phenoxy) is 1. The second-order valence-electron chi connectivity index (χ2n) is 4.22. The van der Waals surface area contributed by atoms with Crippen molar-refractivity contribution in [1.29, 1.82) is 0 Å². The van der Waals surface area contributed by atoms with Crippen molar-refractivity contribution in [1.82, 2.24) is 9.97 Å². The lowest BCUT2D eigenvalue weighted by atomic mass is 10.3. The first-order valence-corrected chi connectivity index (χ1v) is 7.12. The van der Waals surface area contributed by atoms with E-state index >= 15 is 0 Å². The topological polar surface area (TPSA) is 63.9 Å². The highest BCUT2D eigenvalue weighted by molar-refractivity contribution is 7.99. The van der Waals surface area contributed by atoms with Crippen LogP contribution in [-0.4, -0.2) is 17.1 Å². The highest BCUT2D eigenvalue weighted by atomic mass is 35.5. The first-order chi connectivity index (χ1) is 9.65. The molecule has 0 atom stereocenters. The van der Waals surface area contributed by atoms with E-state index < -0.39 is 0 Å². The molecule has 0 saturated heterocycles. The van der Waals surface area contributed by atoms with E-state index in [4.69, 9.17) is 22.1 Å². The Hall–Kier alpha value is -1.85. The van der Waals surface area contributed by atoms with Gasteiger partial charge in [-0.25, -0.2) is 4.98 Å². The van der Waals surface area contributed by atoms with Gasteiger partial charge in [-0.1, -0.05) is 23.4 Å². The number of nitrogens with two attached hydrogens (primary N) is 1. The Balaban J connectivity index is 1.94. The highest BCUT2D eigenvalue weighted by Crippen LogP contribution is 2.34. The smallest absolute Gasteiger partial charge is 0.171 e. The van der Waals surface area contributed by atoms with Gasteiger partial charge < -0.3 is 15.5 Å². The van der Waals surface area contributed by atoms with Gasteiger partial charge in [-0.3, -0.25) is 0 Å². The largest absolute Gasteiger partial charge is 0.497 e. The maximum atomic E-state index is 6.16. The molecule has 0 amide bonds. The van der Waals surface area contributed by atoms with Crippen LogP contribution in [0.4, 0.5) is 5.69 Å². The van der Waals surface area contributed by atoms with Gasteiger partial charge in [0.25, 0.3) is 0 Å². The summed E-state index contributed by atoms with van der Waals surface area (Å²) in [5, 5.41) is 1.40. The number of hydrogen-bond acceptors (Lipinski definition) is 4. The van der Waals surface area contributed by atoms with E-state index in [1.807, 2.05) is 30.3 Å². The molecule has 0 aliphatic heterocycles. The molecule has 3 aromatic rings. The maximum Gasteiger partial charge on any atom is 0.171 e. The molecule has 6 heteroatoms. The van der Waals surface area contributed by atoms with E-state index in [0.29, 0.717) is 10.7 Å². The van der Waals surface area contributed by atoms with Gasteiger partial charge in [-0.05, 0) is 30.3 Å². The predicted molar refractivity (Wildman–Crippen MR) is 82.6 cm³/mol. The molecule has 0 aliphatic rings. The van der Waals surface area contributed by atoms with Crippen LogP contribution in [0.5, 0.6) is 5.75 Å². The molecule has 3 rings (SSSR count). The van der Waals surface area contributed by atoms with E-state index in [-0.39, 0.29) is 0 Å². The number of benzene rings is 2. The number of H-pyrrole nitrogens is 1. The Morgan fingerprint density at radius 1 is 1.25 bits per heavy atom. The summed E-state index contributed by atoms with van der Waals surface area (Å²) in [4.78, 5) is 8.66. The van der Waals surface area contributed by atoms with Crippen molar-refractivity contribution >= 4 is 40.1 Å². The van der Waals surface area contributed by atoms with Crippen molar-refractivity contribution < 1.29 is 4.74 Å². The van der Waals surface area contributed by atoms with Crippen molar-refractivity contribution in [3.63, 3.8) is 0 Å². The van der Waals surface area contributed by atoms with Crippen LogP contribution in [0.1, 0.15) is 0 Å². The zero-order chi connectivity index (χ0) is 14.1. The van der Waals surface area contributed by atoms with E-state index in [0.717, 1.165) is 26.8 Å². The minimum Gasteiger partial charge on any atom is -0.497 e. The monoisotopic (exact) mass is 305 g/mol. The Kier molecular flexibility index (Phi) is 3.46. The third-order valence-corrected chi connectivity index (χ3v) is 4.22. The number of aromatic amines is 1.